The first-order valence-electron chi connectivity index (χ1n) is 12.5. The van der Waals surface area contributed by atoms with Crippen molar-refractivity contribution < 1.29 is 18.7 Å². The lowest BCUT2D eigenvalue weighted by molar-refractivity contribution is -0.117. The van der Waals surface area contributed by atoms with Crippen molar-refractivity contribution in [2.24, 2.45) is 4.99 Å². The molecule has 0 unspecified atom stereocenters. The van der Waals surface area contributed by atoms with Gasteiger partial charge in [-0.15, -0.1) is 0 Å². The number of amides is 1. The minimum absolute atomic E-state index is 0.0923. The summed E-state index contributed by atoms with van der Waals surface area (Å²) in [6, 6.07) is 19.3. The molecule has 0 aliphatic carbocycles. The highest BCUT2D eigenvalue weighted by Crippen LogP contribution is 2.32. The van der Waals surface area contributed by atoms with Gasteiger partial charge in [0.15, 0.2) is 5.84 Å². The van der Waals surface area contributed by atoms with Crippen LogP contribution in [0, 0.1) is 20.8 Å². The number of nitrogens with one attached hydrogen (secondary N) is 1. The SMILES string of the molecule is Cc1cc2oc(=O)cc(C)c2cc1N1NC(=O)/C(=C\c2c(O)c3cccc(C)c3oc2=O)N=C1c1ccccc1. The lowest BCUT2D eigenvalue weighted by atomic mass is 10.1. The molecule has 2 aromatic heterocycles. The van der Waals surface area contributed by atoms with Crippen LogP contribution < -0.4 is 21.7 Å². The third-order valence-corrected chi connectivity index (χ3v) is 6.84. The van der Waals surface area contributed by atoms with Crippen LogP contribution in [0.5, 0.6) is 5.75 Å². The molecular weight excluding hydrogens is 510 g/mol. The maximum Gasteiger partial charge on any atom is 0.347 e. The Balaban J connectivity index is 1.55. The second-order valence-corrected chi connectivity index (χ2v) is 9.59. The van der Waals surface area contributed by atoms with E-state index in [9.17, 15) is 19.5 Å². The van der Waals surface area contributed by atoms with Crippen molar-refractivity contribution in [3.8, 4) is 5.75 Å². The first kappa shape index (κ1) is 24.9. The van der Waals surface area contributed by atoms with Crippen LogP contribution in [0.2, 0.25) is 0 Å². The van der Waals surface area contributed by atoms with E-state index < -0.39 is 17.2 Å². The Labute approximate surface area is 227 Å². The number of amidine groups is 1. The van der Waals surface area contributed by atoms with Crippen molar-refractivity contribution in [1.29, 1.82) is 0 Å². The van der Waals surface area contributed by atoms with Crippen molar-refractivity contribution in [3.05, 3.63) is 121 Å². The summed E-state index contributed by atoms with van der Waals surface area (Å²) >= 11 is 0. The van der Waals surface area contributed by atoms with Gasteiger partial charge < -0.3 is 13.9 Å². The van der Waals surface area contributed by atoms with E-state index in [4.69, 9.17) is 8.83 Å². The van der Waals surface area contributed by atoms with Gasteiger partial charge >= 0.3 is 11.3 Å². The third kappa shape index (κ3) is 4.14. The summed E-state index contributed by atoms with van der Waals surface area (Å²) in [5.41, 5.74) is 5.51. The Bertz CT molecular complexity index is 2040. The van der Waals surface area contributed by atoms with E-state index in [0.29, 0.717) is 39.0 Å². The van der Waals surface area contributed by atoms with Gasteiger partial charge in [0.05, 0.1) is 11.1 Å². The molecule has 0 radical (unpaired) electrons. The molecule has 0 saturated heterocycles. The van der Waals surface area contributed by atoms with Gasteiger partial charge in [0.1, 0.15) is 28.2 Å². The van der Waals surface area contributed by atoms with Gasteiger partial charge in [0.25, 0.3) is 5.91 Å². The number of carbonyl (C=O) groups excluding carboxylic acids is 1. The number of para-hydroxylation sites is 1. The predicted octanol–water partition coefficient (Wildman–Crippen LogP) is 4.87. The zero-order valence-electron chi connectivity index (χ0n) is 21.8. The third-order valence-electron chi connectivity index (χ3n) is 6.84. The zero-order chi connectivity index (χ0) is 28.1. The zero-order valence-corrected chi connectivity index (χ0v) is 21.8. The summed E-state index contributed by atoms with van der Waals surface area (Å²) in [4.78, 5) is 42.8. The molecule has 1 aliphatic rings. The van der Waals surface area contributed by atoms with Crippen molar-refractivity contribution in [2.75, 3.05) is 5.01 Å². The number of aromatic hydroxyl groups is 1. The summed E-state index contributed by atoms with van der Waals surface area (Å²) in [7, 11) is 0. The molecule has 1 aliphatic heterocycles. The summed E-state index contributed by atoms with van der Waals surface area (Å²) in [6.07, 6.45) is 1.23. The fourth-order valence-electron chi connectivity index (χ4n) is 4.80. The number of hydrogen-bond donors (Lipinski definition) is 2. The maximum absolute atomic E-state index is 13.4. The molecule has 2 N–H and O–H groups in total. The van der Waals surface area contributed by atoms with E-state index in [2.05, 4.69) is 10.4 Å². The van der Waals surface area contributed by atoms with Crippen LogP contribution in [0.15, 0.2) is 95.8 Å². The first-order chi connectivity index (χ1) is 19.2. The van der Waals surface area contributed by atoms with Crippen LogP contribution in [0.4, 0.5) is 5.69 Å². The van der Waals surface area contributed by atoms with Crippen LogP contribution in [0.25, 0.3) is 28.0 Å². The summed E-state index contributed by atoms with van der Waals surface area (Å²) in [6.45, 7) is 5.41. The summed E-state index contributed by atoms with van der Waals surface area (Å²) in [5, 5.41) is 13.6. The van der Waals surface area contributed by atoms with E-state index in [1.165, 1.54) is 12.1 Å². The van der Waals surface area contributed by atoms with Gasteiger partial charge in [-0.2, -0.15) is 0 Å². The van der Waals surface area contributed by atoms with Crippen LogP contribution in [-0.2, 0) is 4.79 Å². The van der Waals surface area contributed by atoms with Gasteiger partial charge in [-0.05, 0) is 61.7 Å². The van der Waals surface area contributed by atoms with Crippen molar-refractivity contribution >= 4 is 45.4 Å². The van der Waals surface area contributed by atoms with E-state index in [-0.39, 0.29) is 22.6 Å². The van der Waals surface area contributed by atoms with Gasteiger partial charge in [0, 0.05) is 17.0 Å². The molecule has 0 atom stereocenters. The molecule has 9 heteroatoms. The summed E-state index contributed by atoms with van der Waals surface area (Å²) < 4.78 is 10.9. The molecule has 198 valence electrons. The average Bonchev–Trinajstić information content (AvgIpc) is 2.92. The Kier molecular flexibility index (Phi) is 5.84. The minimum Gasteiger partial charge on any atom is -0.506 e. The fourth-order valence-corrected chi connectivity index (χ4v) is 4.80. The van der Waals surface area contributed by atoms with Crippen molar-refractivity contribution in [1.82, 2.24) is 5.43 Å². The number of aliphatic imine (C=N–C) groups is 1. The van der Waals surface area contributed by atoms with Gasteiger partial charge in [-0.1, -0.05) is 42.5 Å². The molecule has 1 amide bonds. The molecular formula is C31H23N3O6. The highest BCUT2D eigenvalue weighted by molar-refractivity contribution is 6.18. The number of hydrazine groups is 1. The molecule has 0 bridgehead atoms. The van der Waals surface area contributed by atoms with Gasteiger partial charge in [0.2, 0.25) is 0 Å². The molecule has 6 rings (SSSR count). The topological polar surface area (TPSA) is 125 Å². The van der Waals surface area contributed by atoms with Gasteiger partial charge in [-0.25, -0.2) is 19.6 Å². The highest BCUT2D eigenvalue weighted by Gasteiger charge is 2.29. The van der Waals surface area contributed by atoms with E-state index in [1.54, 1.807) is 36.2 Å². The molecule has 3 heterocycles. The number of aryl methyl sites for hydroxylation is 3. The molecule has 0 saturated carbocycles. The Morgan fingerprint density at radius 3 is 2.40 bits per heavy atom. The predicted molar refractivity (Wildman–Crippen MR) is 152 cm³/mol. The molecule has 5 aromatic rings. The van der Waals surface area contributed by atoms with E-state index in [0.717, 1.165) is 11.1 Å². The second kappa shape index (κ2) is 9.39. The first-order valence-corrected chi connectivity index (χ1v) is 12.5. The standard InChI is InChI=1S/C31H23N3O6/c1-16-8-7-11-20-27(36)22(31(38)40-28(16)20)14-23-30(37)33-34(29(32-23)19-9-5-4-6-10-19)24-15-21-17(2)13-26(35)39-25(21)12-18(24)3/h4-15,36H,1-3H3,(H,33,37)/b23-14+. The van der Waals surface area contributed by atoms with Crippen LogP contribution in [0.3, 0.4) is 0 Å². The number of anilines is 1. The van der Waals surface area contributed by atoms with Gasteiger partial charge in [-0.3, -0.25) is 10.2 Å². The quantitative estimate of drug-likeness (QED) is 0.250. The number of benzene rings is 3. The lowest BCUT2D eigenvalue weighted by Gasteiger charge is -2.31. The van der Waals surface area contributed by atoms with E-state index >= 15 is 0 Å². The largest absolute Gasteiger partial charge is 0.506 e. The fraction of sp³-hybridized carbons (Fsp3) is 0.0968. The number of rotatable bonds is 3. The molecule has 9 nitrogen and oxygen atoms in total. The normalized spacial score (nSPS) is 14.6. The summed E-state index contributed by atoms with van der Waals surface area (Å²) in [5.74, 6) is -0.514. The molecule has 40 heavy (non-hydrogen) atoms. The molecule has 0 fully saturated rings. The molecule has 3 aromatic carbocycles. The Morgan fingerprint density at radius 1 is 0.850 bits per heavy atom. The lowest BCUT2D eigenvalue weighted by Crippen LogP contribution is -2.51. The Hall–Kier alpha value is -5.44. The Morgan fingerprint density at radius 2 is 1.62 bits per heavy atom. The van der Waals surface area contributed by atoms with Crippen molar-refractivity contribution in [3.63, 3.8) is 0 Å². The van der Waals surface area contributed by atoms with E-state index in [1.807, 2.05) is 50.2 Å². The van der Waals surface area contributed by atoms with Crippen LogP contribution in [-0.4, -0.2) is 16.8 Å². The number of carbonyl (C=O) groups is 1. The monoisotopic (exact) mass is 533 g/mol. The van der Waals surface area contributed by atoms with Crippen LogP contribution in [0.1, 0.15) is 27.8 Å². The average molecular weight is 534 g/mol. The highest BCUT2D eigenvalue weighted by atomic mass is 16.4. The second-order valence-electron chi connectivity index (χ2n) is 9.59. The minimum atomic E-state index is -0.791. The molecule has 0 spiro atoms. The van der Waals surface area contributed by atoms with Crippen LogP contribution >= 0.6 is 0 Å². The van der Waals surface area contributed by atoms with Crippen molar-refractivity contribution in [2.45, 2.75) is 20.8 Å². The number of fused-ring (bicyclic) bond motifs is 2. The number of nitrogens with zero attached hydrogens (tertiary/aromatic N) is 2. The maximum atomic E-state index is 13.4. The smallest absolute Gasteiger partial charge is 0.347 e. The number of hydrogen-bond acceptors (Lipinski definition) is 8.